The van der Waals surface area contributed by atoms with Gasteiger partial charge in [0, 0.05) is 12.7 Å². The Morgan fingerprint density at radius 3 is 2.83 bits per heavy atom. The summed E-state index contributed by atoms with van der Waals surface area (Å²) in [5.41, 5.74) is 0.533. The van der Waals surface area contributed by atoms with E-state index in [4.69, 9.17) is 4.74 Å². The molecule has 2 rings (SSSR count). The Labute approximate surface area is 120 Å². The first-order valence-electron chi connectivity index (χ1n) is 5.76. The van der Waals surface area contributed by atoms with Gasteiger partial charge in [0.25, 0.3) is 0 Å². The molecule has 0 radical (unpaired) electrons. The number of amides is 1. The summed E-state index contributed by atoms with van der Waals surface area (Å²) in [7, 11) is 0. The van der Waals surface area contributed by atoms with Gasteiger partial charge in [-0.3, -0.25) is 9.58 Å². The van der Waals surface area contributed by atoms with Crippen LogP contribution in [0.4, 0.5) is 4.79 Å². The normalized spacial score (nSPS) is 15.2. The highest BCUT2D eigenvalue weighted by molar-refractivity contribution is 14.1. The van der Waals surface area contributed by atoms with E-state index in [9.17, 15) is 4.79 Å². The third-order valence-corrected chi connectivity index (χ3v) is 2.91. The summed E-state index contributed by atoms with van der Waals surface area (Å²) in [6.07, 6.45) is 3.32. The first kappa shape index (κ1) is 13.4. The van der Waals surface area contributed by atoms with E-state index in [1.807, 2.05) is 37.6 Å². The van der Waals surface area contributed by atoms with Crippen LogP contribution in [0, 0.1) is 3.70 Å². The third-order valence-electron chi connectivity index (χ3n) is 2.39. The molecule has 2 heterocycles. The lowest BCUT2D eigenvalue weighted by molar-refractivity contribution is 0.0332. The number of carbonyl (C=O) groups excluding carboxylic acids is 1. The molecular weight excluding hydrogens is 345 g/mol. The monoisotopic (exact) mass is 361 g/mol. The zero-order valence-electron chi connectivity index (χ0n) is 10.7. The average molecular weight is 361 g/mol. The summed E-state index contributed by atoms with van der Waals surface area (Å²) in [6, 6.07) is 1.98. The molecule has 1 aromatic heterocycles. The standard InChI is InChI=1S/C12H16IN3O2/c1-12(2,3)18-11(17)15-5-4-9-8-10(13)14-16(9)7-6-15/h4-5,8H,6-7H2,1-3H3. The predicted octanol–water partition coefficient (Wildman–Crippen LogP) is 2.71. The largest absolute Gasteiger partial charge is 0.443 e. The average Bonchev–Trinajstić information content (AvgIpc) is 2.45. The molecule has 0 unspecified atom stereocenters. The molecule has 0 atom stereocenters. The van der Waals surface area contributed by atoms with Gasteiger partial charge in [0.1, 0.15) is 9.30 Å². The SMILES string of the molecule is CC(C)(C)OC(=O)N1C=Cc2cc(I)nn2CC1. The molecule has 0 spiro atoms. The van der Waals surface area contributed by atoms with E-state index in [1.54, 1.807) is 11.1 Å². The summed E-state index contributed by atoms with van der Waals surface area (Å²) in [5.74, 6) is 0. The number of carbonyl (C=O) groups is 1. The Balaban J connectivity index is 2.09. The zero-order chi connectivity index (χ0) is 13.3. The zero-order valence-corrected chi connectivity index (χ0v) is 12.8. The lowest BCUT2D eigenvalue weighted by Crippen LogP contribution is -2.34. The van der Waals surface area contributed by atoms with Gasteiger partial charge in [-0.15, -0.1) is 0 Å². The van der Waals surface area contributed by atoms with Crippen LogP contribution in [-0.4, -0.2) is 32.9 Å². The van der Waals surface area contributed by atoms with E-state index in [1.165, 1.54) is 0 Å². The molecule has 0 bridgehead atoms. The van der Waals surface area contributed by atoms with Crippen LogP contribution < -0.4 is 0 Å². The van der Waals surface area contributed by atoms with Crippen molar-refractivity contribution in [3.8, 4) is 0 Å². The molecule has 98 valence electrons. The van der Waals surface area contributed by atoms with Gasteiger partial charge >= 0.3 is 6.09 Å². The van der Waals surface area contributed by atoms with Crippen LogP contribution >= 0.6 is 22.6 Å². The molecule has 0 aromatic carbocycles. The van der Waals surface area contributed by atoms with Gasteiger partial charge in [-0.05, 0) is 55.5 Å². The number of hydrogen-bond donors (Lipinski definition) is 0. The smallest absolute Gasteiger partial charge is 0.414 e. The van der Waals surface area contributed by atoms with Crippen LogP contribution in [-0.2, 0) is 11.3 Å². The van der Waals surface area contributed by atoms with Gasteiger partial charge < -0.3 is 4.74 Å². The van der Waals surface area contributed by atoms with Gasteiger partial charge in [0.2, 0.25) is 0 Å². The predicted molar refractivity (Wildman–Crippen MR) is 76.9 cm³/mol. The fourth-order valence-corrected chi connectivity index (χ4v) is 2.21. The Morgan fingerprint density at radius 2 is 2.17 bits per heavy atom. The Morgan fingerprint density at radius 1 is 1.44 bits per heavy atom. The summed E-state index contributed by atoms with van der Waals surface area (Å²) >= 11 is 2.18. The quantitative estimate of drug-likeness (QED) is 0.668. The van der Waals surface area contributed by atoms with Gasteiger partial charge in [-0.1, -0.05) is 0 Å². The van der Waals surface area contributed by atoms with Crippen LogP contribution in [0.1, 0.15) is 26.5 Å². The van der Waals surface area contributed by atoms with Crippen molar-refractivity contribution in [1.82, 2.24) is 14.7 Å². The van der Waals surface area contributed by atoms with Crippen molar-refractivity contribution in [2.75, 3.05) is 6.54 Å². The Bertz CT molecular complexity index is 488. The van der Waals surface area contributed by atoms with E-state index in [-0.39, 0.29) is 6.09 Å². The lowest BCUT2D eigenvalue weighted by atomic mass is 10.2. The molecule has 0 N–H and O–H groups in total. The molecule has 1 aromatic rings. The van der Waals surface area contributed by atoms with Crippen LogP contribution in [0.15, 0.2) is 12.3 Å². The second-order valence-electron chi connectivity index (χ2n) is 5.10. The molecule has 0 aliphatic carbocycles. The first-order chi connectivity index (χ1) is 8.35. The molecule has 1 aliphatic heterocycles. The minimum atomic E-state index is -0.472. The minimum absolute atomic E-state index is 0.320. The third kappa shape index (κ3) is 3.24. The first-order valence-corrected chi connectivity index (χ1v) is 6.84. The number of hydrogen-bond acceptors (Lipinski definition) is 3. The highest BCUT2D eigenvalue weighted by Crippen LogP contribution is 2.15. The topological polar surface area (TPSA) is 47.4 Å². The molecule has 0 fully saturated rings. The summed E-state index contributed by atoms with van der Waals surface area (Å²) in [5, 5.41) is 4.35. The molecule has 6 heteroatoms. The van der Waals surface area contributed by atoms with E-state index >= 15 is 0 Å². The number of aromatic nitrogens is 2. The van der Waals surface area contributed by atoms with E-state index in [0.29, 0.717) is 13.1 Å². The van der Waals surface area contributed by atoms with Crippen molar-refractivity contribution >= 4 is 34.8 Å². The maximum atomic E-state index is 11.9. The summed E-state index contributed by atoms with van der Waals surface area (Å²) < 4.78 is 8.18. The number of fused-ring (bicyclic) bond motifs is 1. The lowest BCUT2D eigenvalue weighted by Gasteiger charge is -2.24. The molecular formula is C12H16IN3O2. The number of ether oxygens (including phenoxy) is 1. The summed E-state index contributed by atoms with van der Waals surface area (Å²) in [6.45, 7) is 6.82. The van der Waals surface area contributed by atoms with Crippen LogP contribution in [0.25, 0.3) is 6.08 Å². The van der Waals surface area contributed by atoms with Gasteiger partial charge in [-0.2, -0.15) is 5.10 Å². The van der Waals surface area contributed by atoms with E-state index in [0.717, 1.165) is 9.39 Å². The van der Waals surface area contributed by atoms with Crippen molar-refractivity contribution < 1.29 is 9.53 Å². The highest BCUT2D eigenvalue weighted by Gasteiger charge is 2.22. The molecule has 1 aliphatic rings. The fourth-order valence-electron chi connectivity index (χ4n) is 1.63. The molecule has 0 saturated heterocycles. The maximum absolute atomic E-state index is 11.9. The van der Waals surface area contributed by atoms with Crippen LogP contribution in [0.3, 0.4) is 0 Å². The Hall–Kier alpha value is -1.05. The van der Waals surface area contributed by atoms with Crippen molar-refractivity contribution in [3.05, 3.63) is 21.7 Å². The molecule has 18 heavy (non-hydrogen) atoms. The van der Waals surface area contributed by atoms with Crippen LogP contribution in [0.5, 0.6) is 0 Å². The van der Waals surface area contributed by atoms with Crippen molar-refractivity contribution in [2.45, 2.75) is 32.9 Å². The molecule has 5 nitrogen and oxygen atoms in total. The van der Waals surface area contributed by atoms with E-state index < -0.39 is 5.60 Å². The second-order valence-corrected chi connectivity index (χ2v) is 6.21. The van der Waals surface area contributed by atoms with Gasteiger partial charge in [0.05, 0.1) is 12.2 Å². The number of halogens is 1. The maximum Gasteiger partial charge on any atom is 0.414 e. The van der Waals surface area contributed by atoms with Gasteiger partial charge in [-0.25, -0.2) is 4.79 Å². The number of nitrogens with zero attached hydrogens (tertiary/aromatic N) is 3. The molecule has 1 amide bonds. The minimum Gasteiger partial charge on any atom is -0.443 e. The van der Waals surface area contributed by atoms with Gasteiger partial charge in [0.15, 0.2) is 0 Å². The second kappa shape index (κ2) is 4.91. The number of rotatable bonds is 0. The fraction of sp³-hybridized carbons (Fsp3) is 0.500. The van der Waals surface area contributed by atoms with Crippen molar-refractivity contribution in [1.29, 1.82) is 0 Å². The van der Waals surface area contributed by atoms with Crippen molar-refractivity contribution in [2.24, 2.45) is 0 Å². The Kier molecular flexibility index (Phi) is 3.65. The van der Waals surface area contributed by atoms with Crippen LogP contribution in [0.2, 0.25) is 0 Å². The highest BCUT2D eigenvalue weighted by atomic mass is 127. The van der Waals surface area contributed by atoms with E-state index in [2.05, 4.69) is 27.7 Å². The summed E-state index contributed by atoms with van der Waals surface area (Å²) in [4.78, 5) is 13.5. The van der Waals surface area contributed by atoms with Crippen molar-refractivity contribution in [3.63, 3.8) is 0 Å². The molecule has 0 saturated carbocycles.